The number of carbonyl (C=O) groups excluding carboxylic acids is 1. The van der Waals surface area contributed by atoms with Gasteiger partial charge in [0.2, 0.25) is 0 Å². The van der Waals surface area contributed by atoms with Crippen molar-refractivity contribution in [2.45, 2.75) is 18.8 Å². The third-order valence-electron chi connectivity index (χ3n) is 5.94. The maximum absolute atomic E-state index is 12.5. The van der Waals surface area contributed by atoms with Crippen LogP contribution in [0, 0.1) is 0 Å². The van der Waals surface area contributed by atoms with Crippen LogP contribution in [0.1, 0.15) is 34.7 Å². The number of para-hydroxylation sites is 2. The largest absolute Gasteiger partial charge is 0.397 e. The number of nitrogens with one attached hydrogen (secondary N) is 2. The summed E-state index contributed by atoms with van der Waals surface area (Å²) in [5.74, 6) is 0.479. The molecule has 34 heavy (non-hydrogen) atoms. The van der Waals surface area contributed by atoms with Gasteiger partial charge < -0.3 is 16.4 Å². The number of hydrogen-bond donors (Lipinski definition) is 3. The van der Waals surface area contributed by atoms with Crippen LogP contribution in [0.2, 0.25) is 0 Å². The molecule has 7 nitrogen and oxygen atoms in total. The van der Waals surface area contributed by atoms with E-state index in [1.807, 2.05) is 36.7 Å². The van der Waals surface area contributed by atoms with Crippen molar-refractivity contribution in [2.75, 3.05) is 16.4 Å². The van der Waals surface area contributed by atoms with E-state index in [0.717, 1.165) is 27.0 Å². The smallest absolute Gasteiger partial charge is 0.255 e. The first-order chi connectivity index (χ1) is 16.6. The summed E-state index contributed by atoms with van der Waals surface area (Å²) in [5, 5.41) is 6.94. The molecule has 8 heteroatoms. The van der Waals surface area contributed by atoms with Crippen molar-refractivity contribution in [3.63, 3.8) is 0 Å². The number of fused-ring (bicyclic) bond motifs is 1. The molecule has 0 radical (unpaired) electrons. The highest BCUT2D eigenvalue weighted by molar-refractivity contribution is 7.18. The average molecular weight is 467 g/mol. The number of pyridine rings is 1. The number of nitrogens with zero attached hydrogens (tertiary/aromatic N) is 3. The highest BCUT2D eigenvalue weighted by Crippen LogP contribution is 2.40. The topological polar surface area (TPSA) is 97.3 Å². The standard InChI is InChI=1S/C26H22N6OS/c27-20-3-1-2-4-21(20)31-25(33)17-7-10-19(11-8-17)30-26-29-14-23(34-26)22-13-28-24-12-9-18(15-32(22)24)16-5-6-16/h1-4,7-16H,5-6,27H2,(H,29,30)(H,31,33). The summed E-state index contributed by atoms with van der Waals surface area (Å²) < 4.78 is 2.15. The predicted octanol–water partition coefficient (Wildman–Crippen LogP) is 5.91. The second-order valence-corrected chi connectivity index (χ2v) is 9.41. The lowest BCUT2D eigenvalue weighted by Gasteiger charge is -2.08. The Morgan fingerprint density at radius 2 is 1.82 bits per heavy atom. The lowest BCUT2D eigenvalue weighted by Crippen LogP contribution is -2.13. The number of benzene rings is 2. The number of nitrogen functional groups attached to an aromatic ring is 1. The zero-order chi connectivity index (χ0) is 23.1. The molecule has 1 amide bonds. The summed E-state index contributed by atoms with van der Waals surface area (Å²) in [6.45, 7) is 0. The molecule has 4 N–H and O–H groups in total. The number of carbonyl (C=O) groups is 1. The Kier molecular flexibility index (Phi) is 5.00. The number of nitrogens with two attached hydrogens (primary N) is 1. The van der Waals surface area contributed by atoms with Gasteiger partial charge in [0.1, 0.15) is 5.65 Å². The monoisotopic (exact) mass is 466 g/mol. The van der Waals surface area contributed by atoms with Crippen LogP contribution in [-0.2, 0) is 0 Å². The molecular weight excluding hydrogens is 444 g/mol. The van der Waals surface area contributed by atoms with Crippen LogP contribution < -0.4 is 16.4 Å². The second-order valence-electron chi connectivity index (χ2n) is 8.38. The van der Waals surface area contributed by atoms with Crippen molar-refractivity contribution in [2.24, 2.45) is 0 Å². The molecule has 0 spiro atoms. The number of amides is 1. The Bertz CT molecular complexity index is 1500. The molecule has 3 aromatic heterocycles. The average Bonchev–Trinajstić information content (AvgIpc) is 3.47. The molecule has 3 heterocycles. The first-order valence-corrected chi connectivity index (χ1v) is 11.9. The lowest BCUT2D eigenvalue weighted by atomic mass is 10.2. The first-order valence-electron chi connectivity index (χ1n) is 11.1. The van der Waals surface area contributed by atoms with Crippen molar-refractivity contribution in [3.8, 4) is 10.6 Å². The molecule has 6 rings (SSSR count). The highest BCUT2D eigenvalue weighted by Gasteiger charge is 2.24. The van der Waals surface area contributed by atoms with E-state index in [1.165, 1.54) is 18.4 Å². The van der Waals surface area contributed by atoms with E-state index >= 15 is 0 Å². The fourth-order valence-corrected chi connectivity index (χ4v) is 4.77. The first kappa shape index (κ1) is 20.4. The summed E-state index contributed by atoms with van der Waals surface area (Å²) in [4.78, 5) is 22.7. The van der Waals surface area contributed by atoms with Gasteiger partial charge in [-0.2, -0.15) is 0 Å². The van der Waals surface area contributed by atoms with Crippen LogP contribution >= 0.6 is 11.3 Å². The number of anilines is 4. The van der Waals surface area contributed by atoms with Crippen LogP contribution in [0.15, 0.2) is 79.3 Å². The molecule has 168 valence electrons. The van der Waals surface area contributed by atoms with Crippen molar-refractivity contribution < 1.29 is 4.79 Å². The maximum atomic E-state index is 12.5. The molecule has 0 unspecified atom stereocenters. The minimum Gasteiger partial charge on any atom is -0.397 e. The maximum Gasteiger partial charge on any atom is 0.255 e. The quantitative estimate of drug-likeness (QED) is 0.270. The van der Waals surface area contributed by atoms with Crippen molar-refractivity contribution >= 4 is 45.1 Å². The molecule has 0 saturated heterocycles. The van der Waals surface area contributed by atoms with Gasteiger partial charge in [0.25, 0.3) is 5.91 Å². The normalized spacial score (nSPS) is 13.2. The summed E-state index contributed by atoms with van der Waals surface area (Å²) in [5.41, 5.74) is 11.8. The highest BCUT2D eigenvalue weighted by atomic mass is 32.1. The lowest BCUT2D eigenvalue weighted by molar-refractivity contribution is 0.102. The van der Waals surface area contributed by atoms with Crippen molar-refractivity contribution in [3.05, 3.63) is 90.4 Å². The zero-order valence-electron chi connectivity index (χ0n) is 18.2. The number of imidazole rings is 1. The summed E-state index contributed by atoms with van der Waals surface area (Å²) in [6.07, 6.45) is 8.51. The Morgan fingerprint density at radius 3 is 2.62 bits per heavy atom. The van der Waals surface area contributed by atoms with E-state index in [4.69, 9.17) is 5.73 Å². The number of rotatable bonds is 6. The van der Waals surface area contributed by atoms with Gasteiger partial charge in [-0.3, -0.25) is 9.20 Å². The van der Waals surface area contributed by atoms with Gasteiger partial charge in [-0.05, 0) is 66.8 Å². The van der Waals surface area contributed by atoms with E-state index in [0.29, 0.717) is 22.9 Å². The molecule has 1 saturated carbocycles. The van der Waals surface area contributed by atoms with Crippen LogP contribution in [0.25, 0.3) is 16.2 Å². The zero-order valence-corrected chi connectivity index (χ0v) is 19.0. The molecule has 2 aromatic carbocycles. The van der Waals surface area contributed by atoms with Gasteiger partial charge >= 0.3 is 0 Å². The van der Waals surface area contributed by atoms with Gasteiger partial charge in [0.15, 0.2) is 5.13 Å². The van der Waals surface area contributed by atoms with E-state index < -0.39 is 0 Å². The van der Waals surface area contributed by atoms with Gasteiger partial charge in [-0.1, -0.05) is 29.5 Å². The number of hydrogen-bond acceptors (Lipinski definition) is 6. The predicted molar refractivity (Wildman–Crippen MR) is 137 cm³/mol. The summed E-state index contributed by atoms with van der Waals surface area (Å²) in [7, 11) is 0. The summed E-state index contributed by atoms with van der Waals surface area (Å²) >= 11 is 1.57. The van der Waals surface area contributed by atoms with Gasteiger partial charge in [0, 0.05) is 23.6 Å². The fourth-order valence-electron chi connectivity index (χ4n) is 3.92. The molecule has 1 fully saturated rings. The Balaban J connectivity index is 1.17. The molecule has 0 atom stereocenters. The van der Waals surface area contributed by atoms with E-state index in [1.54, 1.807) is 35.6 Å². The number of thiazole rings is 1. The summed E-state index contributed by atoms with van der Waals surface area (Å²) in [6, 6.07) is 18.7. The third kappa shape index (κ3) is 3.99. The van der Waals surface area contributed by atoms with Crippen molar-refractivity contribution in [1.82, 2.24) is 14.4 Å². The Hall–Kier alpha value is -4.17. The molecular formula is C26H22N6OS. The molecule has 1 aliphatic rings. The fraction of sp³-hybridized carbons (Fsp3) is 0.115. The van der Waals surface area contributed by atoms with E-state index in [2.05, 4.69) is 43.3 Å². The minimum absolute atomic E-state index is 0.209. The van der Waals surface area contributed by atoms with Crippen molar-refractivity contribution in [1.29, 1.82) is 0 Å². The molecule has 0 bridgehead atoms. The van der Waals surface area contributed by atoms with Gasteiger partial charge in [-0.25, -0.2) is 9.97 Å². The van der Waals surface area contributed by atoms with Crippen LogP contribution in [0.4, 0.5) is 22.2 Å². The molecule has 5 aromatic rings. The molecule has 1 aliphatic carbocycles. The van der Waals surface area contributed by atoms with E-state index in [-0.39, 0.29) is 5.91 Å². The second kappa shape index (κ2) is 8.31. The van der Waals surface area contributed by atoms with E-state index in [9.17, 15) is 4.79 Å². The number of aromatic nitrogens is 3. The molecule has 0 aliphatic heterocycles. The van der Waals surface area contributed by atoms with Gasteiger partial charge in [0.05, 0.1) is 28.1 Å². The minimum atomic E-state index is -0.209. The third-order valence-corrected chi connectivity index (χ3v) is 6.88. The Labute approximate surface area is 200 Å². The SMILES string of the molecule is Nc1ccccc1NC(=O)c1ccc(Nc2ncc(-c3cnc4ccc(C5CC5)cn34)s2)cc1. The van der Waals surface area contributed by atoms with Crippen LogP contribution in [0.3, 0.4) is 0 Å². The van der Waals surface area contributed by atoms with Gasteiger partial charge in [-0.15, -0.1) is 0 Å². The Morgan fingerprint density at radius 1 is 1.00 bits per heavy atom. The van der Waals surface area contributed by atoms with Crippen LogP contribution in [0.5, 0.6) is 0 Å². The van der Waals surface area contributed by atoms with Crippen LogP contribution in [-0.4, -0.2) is 20.3 Å².